The van der Waals surface area contributed by atoms with E-state index in [1.54, 1.807) is 6.92 Å². The number of rotatable bonds is 3. The minimum absolute atomic E-state index is 0.0502. The van der Waals surface area contributed by atoms with Gasteiger partial charge in [-0.1, -0.05) is 6.07 Å². The Kier molecular flexibility index (Phi) is 3.10. The fraction of sp³-hybridized carbons (Fsp3) is 0.167. The monoisotopic (exact) mass is 252 g/mol. The minimum atomic E-state index is -1.31. The topological polar surface area (TPSA) is 55.1 Å². The van der Waals surface area contributed by atoms with E-state index >= 15 is 0 Å². The molecule has 2 rings (SSSR count). The molecule has 0 unspecified atom stereocenters. The average Bonchev–Trinajstić information content (AvgIpc) is 2.70. The van der Waals surface area contributed by atoms with Gasteiger partial charge in [0, 0.05) is 12.1 Å². The van der Waals surface area contributed by atoms with E-state index in [9.17, 15) is 13.6 Å². The maximum Gasteiger partial charge on any atom is 0.336 e. The quantitative estimate of drug-likeness (QED) is 0.913. The van der Waals surface area contributed by atoms with Crippen LogP contribution in [0.25, 0.3) is 11.1 Å². The molecule has 0 bridgehead atoms. The molecule has 0 amide bonds. The van der Waals surface area contributed by atoms with Crippen molar-refractivity contribution in [3.8, 4) is 11.1 Å². The zero-order valence-corrected chi connectivity index (χ0v) is 9.52. The van der Waals surface area contributed by atoms with Crippen molar-refractivity contribution in [2.75, 3.05) is 0 Å². The SMILES string of the molecule is CCn1ncc(-c2ccc(F)cc2C(=O)O)c1F. The van der Waals surface area contributed by atoms with E-state index in [1.807, 2.05) is 0 Å². The summed E-state index contributed by atoms with van der Waals surface area (Å²) >= 11 is 0. The molecule has 2 aromatic rings. The van der Waals surface area contributed by atoms with E-state index < -0.39 is 17.7 Å². The van der Waals surface area contributed by atoms with Crippen LogP contribution in [0, 0.1) is 11.8 Å². The number of carboxylic acid groups (broad SMARTS) is 1. The summed E-state index contributed by atoms with van der Waals surface area (Å²) in [7, 11) is 0. The molecule has 0 atom stereocenters. The molecule has 0 aliphatic heterocycles. The maximum atomic E-state index is 13.9. The second kappa shape index (κ2) is 4.56. The van der Waals surface area contributed by atoms with Crippen LogP contribution in [0.4, 0.5) is 8.78 Å². The van der Waals surface area contributed by atoms with Gasteiger partial charge in [-0.2, -0.15) is 9.49 Å². The summed E-state index contributed by atoms with van der Waals surface area (Å²) in [6.07, 6.45) is 1.23. The number of hydrogen-bond acceptors (Lipinski definition) is 2. The Morgan fingerprint density at radius 2 is 2.11 bits per heavy atom. The summed E-state index contributed by atoms with van der Waals surface area (Å²) in [5, 5.41) is 12.8. The van der Waals surface area contributed by atoms with Crippen molar-refractivity contribution < 1.29 is 18.7 Å². The molecular weight excluding hydrogens is 242 g/mol. The minimum Gasteiger partial charge on any atom is -0.478 e. The van der Waals surface area contributed by atoms with Crippen molar-refractivity contribution in [2.45, 2.75) is 13.5 Å². The van der Waals surface area contributed by atoms with E-state index in [0.29, 0.717) is 6.54 Å². The zero-order valence-electron chi connectivity index (χ0n) is 9.52. The van der Waals surface area contributed by atoms with Crippen LogP contribution < -0.4 is 0 Å². The van der Waals surface area contributed by atoms with Crippen LogP contribution in [0.1, 0.15) is 17.3 Å². The Hall–Kier alpha value is -2.24. The van der Waals surface area contributed by atoms with Crippen LogP contribution in [0.3, 0.4) is 0 Å². The number of benzene rings is 1. The van der Waals surface area contributed by atoms with Crippen LogP contribution in [0.2, 0.25) is 0 Å². The summed E-state index contributed by atoms with van der Waals surface area (Å²) in [4.78, 5) is 11.0. The fourth-order valence-electron chi connectivity index (χ4n) is 1.70. The largest absolute Gasteiger partial charge is 0.478 e. The first-order chi connectivity index (χ1) is 8.54. The van der Waals surface area contributed by atoms with Crippen molar-refractivity contribution >= 4 is 5.97 Å². The number of carboxylic acids is 1. The highest BCUT2D eigenvalue weighted by molar-refractivity contribution is 5.95. The number of hydrogen-bond donors (Lipinski definition) is 1. The molecule has 0 aliphatic rings. The molecule has 1 aromatic carbocycles. The molecule has 0 fully saturated rings. The fourth-order valence-corrected chi connectivity index (χ4v) is 1.70. The lowest BCUT2D eigenvalue weighted by Crippen LogP contribution is -2.03. The Labute approximate surface area is 101 Å². The van der Waals surface area contributed by atoms with Gasteiger partial charge >= 0.3 is 5.97 Å². The van der Waals surface area contributed by atoms with E-state index in [1.165, 1.54) is 12.3 Å². The van der Waals surface area contributed by atoms with E-state index in [2.05, 4.69) is 5.10 Å². The van der Waals surface area contributed by atoms with Crippen LogP contribution in [-0.4, -0.2) is 20.9 Å². The van der Waals surface area contributed by atoms with Crippen LogP contribution in [-0.2, 0) is 6.54 Å². The van der Waals surface area contributed by atoms with Gasteiger partial charge in [-0.05, 0) is 19.1 Å². The number of aryl methyl sites for hydroxylation is 1. The summed E-state index contributed by atoms with van der Waals surface area (Å²) in [5.74, 6) is -2.63. The van der Waals surface area contributed by atoms with Crippen LogP contribution in [0.15, 0.2) is 24.4 Å². The molecule has 1 N–H and O–H groups in total. The van der Waals surface area contributed by atoms with Crippen molar-refractivity contribution in [2.24, 2.45) is 0 Å². The molecule has 1 heterocycles. The van der Waals surface area contributed by atoms with Crippen LogP contribution >= 0.6 is 0 Å². The third-order valence-electron chi connectivity index (χ3n) is 2.58. The lowest BCUT2D eigenvalue weighted by atomic mass is 10.0. The second-order valence-corrected chi connectivity index (χ2v) is 3.66. The molecule has 6 heteroatoms. The molecule has 0 spiro atoms. The second-order valence-electron chi connectivity index (χ2n) is 3.66. The number of carbonyl (C=O) groups is 1. The Morgan fingerprint density at radius 1 is 1.39 bits per heavy atom. The third kappa shape index (κ3) is 1.97. The summed E-state index contributed by atoms with van der Waals surface area (Å²) in [6, 6.07) is 3.18. The van der Waals surface area contributed by atoms with Crippen molar-refractivity contribution in [3.63, 3.8) is 0 Å². The Morgan fingerprint density at radius 3 is 2.67 bits per heavy atom. The number of halogens is 2. The van der Waals surface area contributed by atoms with Crippen molar-refractivity contribution in [3.05, 3.63) is 41.7 Å². The molecule has 1 aromatic heterocycles. The molecule has 94 valence electrons. The molecule has 0 radical (unpaired) electrons. The highest BCUT2D eigenvalue weighted by atomic mass is 19.1. The number of aromatic nitrogens is 2. The molecular formula is C12H10F2N2O2. The van der Waals surface area contributed by atoms with Gasteiger partial charge in [0.1, 0.15) is 5.82 Å². The normalized spacial score (nSPS) is 10.6. The first kappa shape index (κ1) is 12.2. The van der Waals surface area contributed by atoms with E-state index in [-0.39, 0.29) is 16.7 Å². The van der Waals surface area contributed by atoms with Gasteiger partial charge in [0.2, 0.25) is 5.95 Å². The van der Waals surface area contributed by atoms with Crippen molar-refractivity contribution in [1.29, 1.82) is 0 Å². The Balaban J connectivity index is 2.63. The average molecular weight is 252 g/mol. The van der Waals surface area contributed by atoms with Gasteiger partial charge in [-0.25, -0.2) is 13.9 Å². The summed E-state index contributed by atoms with van der Waals surface area (Å²) in [6.45, 7) is 2.04. The van der Waals surface area contributed by atoms with Gasteiger partial charge in [-0.3, -0.25) is 0 Å². The standard InChI is InChI=1S/C12H10F2N2O2/c1-2-16-11(14)10(6-15-16)8-4-3-7(13)5-9(8)12(17)18/h3-6H,2H2,1H3,(H,17,18). The predicted octanol–water partition coefficient (Wildman–Crippen LogP) is 2.55. The van der Waals surface area contributed by atoms with Gasteiger partial charge in [-0.15, -0.1) is 0 Å². The summed E-state index contributed by atoms with van der Waals surface area (Å²) < 4.78 is 28.0. The Bertz CT molecular complexity index is 608. The predicted molar refractivity (Wildman–Crippen MR) is 60.2 cm³/mol. The summed E-state index contributed by atoms with van der Waals surface area (Å²) in [5.41, 5.74) is -0.125. The lowest BCUT2D eigenvalue weighted by Gasteiger charge is -2.04. The first-order valence-electron chi connectivity index (χ1n) is 5.29. The first-order valence-corrected chi connectivity index (χ1v) is 5.29. The maximum absolute atomic E-state index is 13.9. The van der Waals surface area contributed by atoms with E-state index in [0.717, 1.165) is 16.8 Å². The molecule has 18 heavy (non-hydrogen) atoms. The lowest BCUT2D eigenvalue weighted by molar-refractivity contribution is 0.0697. The third-order valence-corrected chi connectivity index (χ3v) is 2.58. The van der Waals surface area contributed by atoms with Gasteiger partial charge in [0.15, 0.2) is 0 Å². The van der Waals surface area contributed by atoms with Gasteiger partial charge < -0.3 is 5.11 Å². The highest BCUT2D eigenvalue weighted by Gasteiger charge is 2.18. The molecule has 0 saturated carbocycles. The molecule has 0 aliphatic carbocycles. The highest BCUT2D eigenvalue weighted by Crippen LogP contribution is 2.27. The molecule has 4 nitrogen and oxygen atoms in total. The van der Waals surface area contributed by atoms with Crippen LogP contribution in [0.5, 0.6) is 0 Å². The number of aromatic carboxylic acids is 1. The van der Waals surface area contributed by atoms with Crippen molar-refractivity contribution in [1.82, 2.24) is 9.78 Å². The van der Waals surface area contributed by atoms with E-state index in [4.69, 9.17) is 5.11 Å². The zero-order chi connectivity index (χ0) is 13.3. The van der Waals surface area contributed by atoms with Gasteiger partial charge in [0.25, 0.3) is 0 Å². The van der Waals surface area contributed by atoms with Gasteiger partial charge in [0.05, 0.1) is 17.3 Å². The molecule has 0 saturated heterocycles. The number of nitrogens with zero attached hydrogens (tertiary/aromatic N) is 2. The smallest absolute Gasteiger partial charge is 0.336 e.